The van der Waals surface area contributed by atoms with E-state index in [9.17, 15) is 9.59 Å². The van der Waals surface area contributed by atoms with Gasteiger partial charge < -0.3 is 15.2 Å². The Labute approximate surface area is 131 Å². The van der Waals surface area contributed by atoms with Crippen molar-refractivity contribution in [2.24, 2.45) is 0 Å². The Morgan fingerprint density at radius 1 is 1.14 bits per heavy atom. The van der Waals surface area contributed by atoms with Crippen molar-refractivity contribution >= 4 is 23.2 Å². The number of carboxylic acid groups (broad SMARTS) is 1. The first-order valence-corrected chi connectivity index (χ1v) is 7.77. The molecule has 2 N–H and O–H groups in total. The maximum atomic E-state index is 12.3. The Balaban J connectivity index is 1.71. The van der Waals surface area contributed by atoms with Gasteiger partial charge in [-0.15, -0.1) is 11.3 Å². The van der Waals surface area contributed by atoms with E-state index >= 15 is 0 Å². The number of hydrogen-bond acceptors (Lipinski definition) is 4. The van der Waals surface area contributed by atoms with Crippen molar-refractivity contribution < 1.29 is 19.4 Å². The van der Waals surface area contributed by atoms with Gasteiger partial charge in [0, 0.05) is 6.61 Å². The van der Waals surface area contributed by atoms with Crippen LogP contribution in [0.1, 0.15) is 37.4 Å². The molecule has 5 nitrogen and oxygen atoms in total. The Hall–Kier alpha value is -2.18. The second kappa shape index (κ2) is 6.29. The monoisotopic (exact) mass is 317 g/mol. The largest absolute Gasteiger partial charge is 0.477 e. The molecular weight excluding hydrogens is 302 g/mol. The zero-order valence-corrected chi connectivity index (χ0v) is 12.5. The maximum Gasteiger partial charge on any atom is 0.345 e. The van der Waals surface area contributed by atoms with Crippen LogP contribution in [0.5, 0.6) is 0 Å². The molecule has 2 heterocycles. The topological polar surface area (TPSA) is 75.6 Å². The van der Waals surface area contributed by atoms with Crippen LogP contribution in [0.25, 0.3) is 0 Å². The minimum atomic E-state index is -1.02. The highest BCUT2D eigenvalue weighted by Gasteiger charge is 2.31. The van der Waals surface area contributed by atoms with E-state index in [1.54, 1.807) is 0 Å². The van der Waals surface area contributed by atoms with Crippen LogP contribution in [0.15, 0.2) is 42.5 Å². The molecule has 1 aliphatic rings. The molecule has 0 aliphatic carbocycles. The fourth-order valence-corrected chi connectivity index (χ4v) is 3.27. The molecule has 114 valence electrons. The fraction of sp³-hybridized carbons (Fsp3) is 0.250. The van der Waals surface area contributed by atoms with Gasteiger partial charge in [0.25, 0.3) is 5.91 Å². The molecule has 1 saturated heterocycles. The van der Waals surface area contributed by atoms with Crippen LogP contribution in [-0.4, -0.2) is 29.6 Å². The van der Waals surface area contributed by atoms with Gasteiger partial charge in [-0.1, -0.05) is 30.3 Å². The summed E-state index contributed by atoms with van der Waals surface area (Å²) >= 11 is 0.977. The van der Waals surface area contributed by atoms with E-state index in [0.717, 1.165) is 23.3 Å². The fourth-order valence-electron chi connectivity index (χ4n) is 2.52. The van der Waals surface area contributed by atoms with E-state index in [1.165, 1.54) is 12.1 Å². The summed E-state index contributed by atoms with van der Waals surface area (Å²) in [5.41, 5.74) is 1.03. The first-order chi connectivity index (χ1) is 10.6. The number of nitrogens with one attached hydrogen (secondary N) is 1. The minimum Gasteiger partial charge on any atom is -0.477 e. The lowest BCUT2D eigenvalue weighted by Gasteiger charge is -2.19. The molecule has 1 amide bonds. The normalized spacial score (nSPS) is 20.7. The lowest BCUT2D eigenvalue weighted by atomic mass is 10.0. The van der Waals surface area contributed by atoms with Gasteiger partial charge in [-0.3, -0.25) is 4.79 Å². The third-order valence-corrected chi connectivity index (χ3v) is 4.65. The second-order valence-electron chi connectivity index (χ2n) is 5.04. The molecule has 1 aliphatic heterocycles. The van der Waals surface area contributed by atoms with Crippen molar-refractivity contribution in [3.05, 3.63) is 57.8 Å². The molecule has 2 atom stereocenters. The summed E-state index contributed by atoms with van der Waals surface area (Å²) in [5.74, 6) is -1.27. The van der Waals surface area contributed by atoms with Gasteiger partial charge in [0.2, 0.25) is 0 Å². The number of carbonyl (C=O) groups excluding carboxylic acids is 1. The molecular formula is C16H15NO4S. The van der Waals surface area contributed by atoms with Gasteiger partial charge in [0.05, 0.1) is 10.9 Å². The molecule has 6 heteroatoms. The van der Waals surface area contributed by atoms with Crippen molar-refractivity contribution in [2.75, 3.05) is 6.61 Å². The summed E-state index contributed by atoms with van der Waals surface area (Å²) in [4.78, 5) is 23.7. The first kappa shape index (κ1) is 14.7. The van der Waals surface area contributed by atoms with E-state index in [4.69, 9.17) is 9.84 Å². The molecule has 0 bridgehead atoms. The molecule has 3 rings (SSSR count). The highest BCUT2D eigenvalue weighted by atomic mass is 32.1. The van der Waals surface area contributed by atoms with Gasteiger partial charge in [-0.25, -0.2) is 4.79 Å². The SMILES string of the molecule is O=C(O)c1ccc(C(=O)NC2CCOC2c2ccccc2)s1. The molecule has 0 spiro atoms. The van der Waals surface area contributed by atoms with Crippen molar-refractivity contribution in [3.8, 4) is 0 Å². The summed E-state index contributed by atoms with van der Waals surface area (Å²) in [6, 6.07) is 12.6. The van der Waals surface area contributed by atoms with Gasteiger partial charge in [-0.05, 0) is 24.1 Å². The zero-order chi connectivity index (χ0) is 15.5. The number of benzene rings is 1. The molecule has 22 heavy (non-hydrogen) atoms. The molecule has 1 aromatic heterocycles. The van der Waals surface area contributed by atoms with Crippen molar-refractivity contribution in [2.45, 2.75) is 18.6 Å². The lowest BCUT2D eigenvalue weighted by molar-refractivity contribution is 0.0702. The molecule has 0 radical (unpaired) electrons. The zero-order valence-electron chi connectivity index (χ0n) is 11.7. The predicted octanol–water partition coefficient (Wildman–Crippen LogP) is 2.71. The van der Waals surface area contributed by atoms with Gasteiger partial charge in [0.1, 0.15) is 11.0 Å². The average molecular weight is 317 g/mol. The molecule has 2 aromatic rings. The summed E-state index contributed by atoms with van der Waals surface area (Å²) in [5, 5.41) is 11.9. The van der Waals surface area contributed by atoms with Crippen LogP contribution in [0, 0.1) is 0 Å². The van der Waals surface area contributed by atoms with E-state index in [-0.39, 0.29) is 22.9 Å². The van der Waals surface area contributed by atoms with E-state index in [0.29, 0.717) is 11.5 Å². The van der Waals surface area contributed by atoms with Crippen molar-refractivity contribution in [1.82, 2.24) is 5.32 Å². The predicted molar refractivity (Wildman–Crippen MR) is 82.3 cm³/mol. The van der Waals surface area contributed by atoms with Crippen LogP contribution in [0.4, 0.5) is 0 Å². The van der Waals surface area contributed by atoms with E-state index in [2.05, 4.69) is 5.32 Å². The maximum absolute atomic E-state index is 12.3. The molecule has 1 fully saturated rings. The second-order valence-corrected chi connectivity index (χ2v) is 6.12. The third kappa shape index (κ3) is 3.03. The van der Waals surface area contributed by atoms with Gasteiger partial charge >= 0.3 is 5.97 Å². The Kier molecular flexibility index (Phi) is 4.22. The van der Waals surface area contributed by atoms with Crippen LogP contribution in [0.2, 0.25) is 0 Å². The molecule has 2 unspecified atom stereocenters. The number of amides is 1. The third-order valence-electron chi connectivity index (χ3n) is 3.58. The highest BCUT2D eigenvalue weighted by molar-refractivity contribution is 7.15. The van der Waals surface area contributed by atoms with Crippen molar-refractivity contribution in [1.29, 1.82) is 0 Å². The van der Waals surface area contributed by atoms with Crippen LogP contribution < -0.4 is 5.32 Å². The van der Waals surface area contributed by atoms with Crippen LogP contribution in [0.3, 0.4) is 0 Å². The quantitative estimate of drug-likeness (QED) is 0.909. The number of carboxylic acids is 1. The lowest BCUT2D eigenvalue weighted by Crippen LogP contribution is -2.36. The summed E-state index contributed by atoms with van der Waals surface area (Å²) in [6.45, 7) is 0.593. The number of rotatable bonds is 4. The molecule has 0 saturated carbocycles. The number of ether oxygens (including phenoxy) is 1. The van der Waals surface area contributed by atoms with E-state index < -0.39 is 5.97 Å². The number of hydrogen-bond donors (Lipinski definition) is 2. The first-order valence-electron chi connectivity index (χ1n) is 6.95. The average Bonchev–Trinajstić information content (AvgIpc) is 3.17. The van der Waals surface area contributed by atoms with E-state index in [1.807, 2.05) is 30.3 Å². The Morgan fingerprint density at radius 2 is 1.86 bits per heavy atom. The van der Waals surface area contributed by atoms with Gasteiger partial charge in [0.15, 0.2) is 0 Å². The highest BCUT2D eigenvalue weighted by Crippen LogP contribution is 2.29. The number of carbonyl (C=O) groups is 2. The summed E-state index contributed by atoms with van der Waals surface area (Å²) < 4.78 is 5.73. The standard InChI is InChI=1S/C16H15NO4S/c18-15(12-6-7-13(22-12)16(19)20)17-11-8-9-21-14(11)10-4-2-1-3-5-10/h1-7,11,14H,8-9H2,(H,17,18)(H,19,20). The summed E-state index contributed by atoms with van der Waals surface area (Å²) in [7, 11) is 0. The van der Waals surface area contributed by atoms with Gasteiger partial charge in [-0.2, -0.15) is 0 Å². The number of thiophene rings is 1. The summed E-state index contributed by atoms with van der Waals surface area (Å²) in [6.07, 6.45) is 0.576. The van der Waals surface area contributed by atoms with Crippen molar-refractivity contribution in [3.63, 3.8) is 0 Å². The molecule has 1 aromatic carbocycles. The minimum absolute atomic E-state index is 0.106. The number of aromatic carboxylic acids is 1. The Bertz CT molecular complexity index is 682. The van der Waals surface area contributed by atoms with Crippen LogP contribution >= 0.6 is 11.3 Å². The smallest absolute Gasteiger partial charge is 0.345 e. The van der Waals surface area contributed by atoms with Crippen LogP contribution in [-0.2, 0) is 4.74 Å². The Morgan fingerprint density at radius 3 is 2.55 bits per heavy atom.